The lowest BCUT2D eigenvalue weighted by Gasteiger charge is -2.56. The molecule has 0 bridgehead atoms. The Balaban J connectivity index is 2.01. The molecular formula is C20H30O4. The Labute approximate surface area is 144 Å². The van der Waals surface area contributed by atoms with Gasteiger partial charge in [0.05, 0.1) is 16.9 Å². The highest BCUT2D eigenvalue weighted by molar-refractivity contribution is 5.93. The van der Waals surface area contributed by atoms with Gasteiger partial charge in [0, 0.05) is 5.41 Å². The minimum absolute atomic E-state index is 0.108. The number of allylic oxidation sites excluding steroid dienone is 1. The largest absolute Gasteiger partial charge is 0.481 e. The van der Waals surface area contributed by atoms with Crippen LogP contribution in [0.3, 0.4) is 0 Å². The molecule has 0 saturated heterocycles. The summed E-state index contributed by atoms with van der Waals surface area (Å²) in [5, 5.41) is 20.6. The summed E-state index contributed by atoms with van der Waals surface area (Å²) >= 11 is 0. The minimum Gasteiger partial charge on any atom is -0.481 e. The molecule has 0 aliphatic heterocycles. The number of carbonyl (C=O) groups excluding carboxylic acids is 1. The van der Waals surface area contributed by atoms with E-state index >= 15 is 0 Å². The zero-order chi connectivity index (χ0) is 18.0. The van der Waals surface area contributed by atoms with E-state index in [1.54, 1.807) is 0 Å². The first-order valence-corrected chi connectivity index (χ1v) is 9.14. The average Bonchev–Trinajstić information content (AvgIpc) is 2.77. The third-order valence-electron chi connectivity index (χ3n) is 7.78. The standard InChI is InChI=1S/C20H30O4/c1-5-17(2)11-14(21)20(12-17)10-7-13-18(3,15(20)22)8-6-9-19(13,4)16(23)24/h5,13-14,21H,1,6-12H2,2-4H3,(H,23,24)/t13-,14-,17+,18-,19+,20-/m0/s1. The Morgan fingerprint density at radius 2 is 1.92 bits per heavy atom. The topological polar surface area (TPSA) is 74.6 Å². The first-order chi connectivity index (χ1) is 11.0. The van der Waals surface area contributed by atoms with Crippen molar-refractivity contribution in [1.82, 2.24) is 0 Å². The Morgan fingerprint density at radius 3 is 2.46 bits per heavy atom. The van der Waals surface area contributed by atoms with E-state index in [-0.39, 0.29) is 17.1 Å². The second kappa shape index (κ2) is 5.17. The Bertz CT molecular complexity index is 598. The number of aliphatic hydroxyl groups excluding tert-OH is 1. The molecule has 0 aromatic heterocycles. The summed E-state index contributed by atoms with van der Waals surface area (Å²) in [6.45, 7) is 9.72. The van der Waals surface area contributed by atoms with Crippen LogP contribution in [0.4, 0.5) is 0 Å². The van der Waals surface area contributed by atoms with Gasteiger partial charge in [-0.3, -0.25) is 9.59 Å². The van der Waals surface area contributed by atoms with Gasteiger partial charge in [-0.1, -0.05) is 26.3 Å². The molecule has 3 aliphatic rings. The lowest BCUT2D eigenvalue weighted by atomic mass is 9.45. The Hall–Kier alpha value is -1.16. The van der Waals surface area contributed by atoms with Crippen LogP contribution in [0.2, 0.25) is 0 Å². The van der Waals surface area contributed by atoms with E-state index in [9.17, 15) is 19.8 Å². The van der Waals surface area contributed by atoms with Gasteiger partial charge in [-0.15, -0.1) is 6.58 Å². The number of rotatable bonds is 2. The number of aliphatic carboxylic acids is 1. The average molecular weight is 334 g/mol. The highest BCUT2D eigenvalue weighted by Gasteiger charge is 2.67. The van der Waals surface area contributed by atoms with Gasteiger partial charge in [-0.2, -0.15) is 0 Å². The van der Waals surface area contributed by atoms with Crippen LogP contribution in [0.25, 0.3) is 0 Å². The lowest BCUT2D eigenvalue weighted by molar-refractivity contribution is -0.177. The van der Waals surface area contributed by atoms with Crippen LogP contribution in [0, 0.1) is 27.6 Å². The van der Waals surface area contributed by atoms with Gasteiger partial charge in [0.2, 0.25) is 0 Å². The SMILES string of the molecule is C=C[C@]1(C)C[C@H](O)[C@]2(CC[C@@H]3[C@](C)(C(=O)O)CCC[C@]3(C)C2=O)C1. The molecule has 0 unspecified atom stereocenters. The summed E-state index contributed by atoms with van der Waals surface area (Å²) in [5.41, 5.74) is -2.42. The van der Waals surface area contributed by atoms with Gasteiger partial charge < -0.3 is 10.2 Å². The second-order valence-electron chi connectivity index (χ2n) is 9.33. The normalized spacial score (nSPS) is 51.4. The van der Waals surface area contributed by atoms with Crippen LogP contribution in [-0.4, -0.2) is 28.1 Å². The zero-order valence-electron chi connectivity index (χ0n) is 15.1. The van der Waals surface area contributed by atoms with Crippen molar-refractivity contribution < 1.29 is 19.8 Å². The second-order valence-corrected chi connectivity index (χ2v) is 9.33. The lowest BCUT2D eigenvalue weighted by Crippen LogP contribution is -2.60. The molecule has 0 radical (unpaired) electrons. The van der Waals surface area contributed by atoms with E-state index in [0.717, 1.165) is 12.8 Å². The first kappa shape index (κ1) is 17.7. The maximum atomic E-state index is 13.6. The smallest absolute Gasteiger partial charge is 0.309 e. The summed E-state index contributed by atoms with van der Waals surface area (Å²) in [6, 6.07) is 0. The number of carboxylic acids is 1. The molecule has 4 heteroatoms. The number of fused-ring (bicyclic) bond motifs is 1. The number of hydrogen-bond acceptors (Lipinski definition) is 3. The van der Waals surface area contributed by atoms with Crippen LogP contribution in [-0.2, 0) is 9.59 Å². The fourth-order valence-electron chi connectivity index (χ4n) is 6.31. The number of Topliss-reactive ketones (excluding diaryl/α,β-unsaturated/α-hetero) is 1. The number of carbonyl (C=O) groups is 2. The van der Waals surface area contributed by atoms with Gasteiger partial charge in [0.15, 0.2) is 0 Å². The highest BCUT2D eigenvalue weighted by atomic mass is 16.4. The van der Waals surface area contributed by atoms with Crippen molar-refractivity contribution in [1.29, 1.82) is 0 Å². The van der Waals surface area contributed by atoms with E-state index in [1.165, 1.54) is 0 Å². The molecule has 24 heavy (non-hydrogen) atoms. The molecule has 0 aromatic rings. The number of carboxylic acid groups (broad SMARTS) is 1. The van der Waals surface area contributed by atoms with Crippen molar-refractivity contribution in [3.63, 3.8) is 0 Å². The van der Waals surface area contributed by atoms with E-state index in [2.05, 4.69) is 13.5 Å². The first-order valence-electron chi connectivity index (χ1n) is 9.14. The minimum atomic E-state index is -0.838. The van der Waals surface area contributed by atoms with Gasteiger partial charge >= 0.3 is 5.97 Å². The molecular weight excluding hydrogens is 304 g/mol. The molecule has 3 rings (SSSR count). The van der Waals surface area contributed by atoms with Crippen molar-refractivity contribution in [3.8, 4) is 0 Å². The van der Waals surface area contributed by atoms with Crippen LogP contribution in [0.5, 0.6) is 0 Å². The molecule has 134 valence electrons. The summed E-state index contributed by atoms with van der Waals surface area (Å²) < 4.78 is 0. The van der Waals surface area contributed by atoms with E-state index in [4.69, 9.17) is 0 Å². The third kappa shape index (κ3) is 2.08. The van der Waals surface area contributed by atoms with Gasteiger partial charge in [0.1, 0.15) is 5.78 Å². The van der Waals surface area contributed by atoms with Crippen LogP contribution in [0.1, 0.15) is 65.7 Å². The number of ketones is 1. The van der Waals surface area contributed by atoms with Gasteiger partial charge in [-0.05, 0) is 56.8 Å². The van der Waals surface area contributed by atoms with Crippen molar-refractivity contribution >= 4 is 11.8 Å². The summed E-state index contributed by atoms with van der Waals surface area (Å²) in [4.78, 5) is 25.6. The fraction of sp³-hybridized carbons (Fsp3) is 0.800. The van der Waals surface area contributed by atoms with Crippen LogP contribution in [0.15, 0.2) is 12.7 Å². The Morgan fingerprint density at radius 1 is 1.25 bits per heavy atom. The number of aliphatic hydroxyl groups is 1. The molecule has 6 atom stereocenters. The summed E-state index contributed by atoms with van der Waals surface area (Å²) in [7, 11) is 0. The maximum Gasteiger partial charge on any atom is 0.309 e. The quantitative estimate of drug-likeness (QED) is 0.757. The molecule has 0 heterocycles. The van der Waals surface area contributed by atoms with E-state index in [1.807, 2.05) is 19.9 Å². The van der Waals surface area contributed by atoms with Gasteiger partial charge in [0.25, 0.3) is 0 Å². The van der Waals surface area contributed by atoms with Crippen molar-refractivity contribution in [2.45, 2.75) is 71.8 Å². The Kier molecular flexibility index (Phi) is 3.80. The predicted molar refractivity (Wildman–Crippen MR) is 91.4 cm³/mol. The molecule has 3 saturated carbocycles. The van der Waals surface area contributed by atoms with E-state index < -0.39 is 28.3 Å². The van der Waals surface area contributed by atoms with Crippen LogP contribution < -0.4 is 0 Å². The van der Waals surface area contributed by atoms with Crippen molar-refractivity contribution in [2.24, 2.45) is 27.6 Å². The molecule has 3 aliphatic carbocycles. The van der Waals surface area contributed by atoms with Crippen molar-refractivity contribution in [2.75, 3.05) is 0 Å². The monoisotopic (exact) mass is 334 g/mol. The molecule has 0 amide bonds. The third-order valence-corrected chi connectivity index (χ3v) is 7.78. The molecule has 2 N–H and O–H groups in total. The number of hydrogen-bond donors (Lipinski definition) is 2. The molecule has 3 fully saturated rings. The molecule has 1 spiro atoms. The fourth-order valence-corrected chi connectivity index (χ4v) is 6.31. The highest BCUT2D eigenvalue weighted by Crippen LogP contribution is 2.65. The predicted octanol–water partition coefficient (Wildman–Crippen LogP) is 3.58. The van der Waals surface area contributed by atoms with E-state index in [0.29, 0.717) is 32.1 Å². The molecule has 4 nitrogen and oxygen atoms in total. The molecule has 0 aromatic carbocycles. The zero-order valence-corrected chi connectivity index (χ0v) is 15.1. The summed E-state index contributed by atoms with van der Waals surface area (Å²) in [6.07, 6.45) is 5.85. The van der Waals surface area contributed by atoms with Gasteiger partial charge in [-0.25, -0.2) is 0 Å². The summed E-state index contributed by atoms with van der Waals surface area (Å²) in [5.74, 6) is -0.821. The maximum absolute atomic E-state index is 13.6. The van der Waals surface area contributed by atoms with Crippen LogP contribution >= 0.6 is 0 Å². The van der Waals surface area contributed by atoms with Crippen molar-refractivity contribution in [3.05, 3.63) is 12.7 Å².